The molecule has 0 aliphatic carbocycles. The molecule has 0 unspecified atom stereocenters. The van der Waals surface area contributed by atoms with Crippen molar-refractivity contribution in [2.24, 2.45) is 11.5 Å². The number of amides is 1. The van der Waals surface area contributed by atoms with Gasteiger partial charge in [-0.05, 0) is 43.6 Å². The standard InChI is InChI=1S/C16H22BN7O/c1-10(19)15(25)22-11-4-2-5-12(8-11)23-16-21-9-13(17)14(24-16)20-7-3-6-18/h2,4-5,8-10H,3,6-7,18-19H2,1H3,(H,22,25)(H2,20,21,23,24)/t10-/m0/s1. The van der Waals surface area contributed by atoms with E-state index in [2.05, 4.69) is 25.9 Å². The van der Waals surface area contributed by atoms with Crippen molar-refractivity contribution in [2.45, 2.75) is 19.4 Å². The average molecular weight is 339 g/mol. The molecule has 1 amide bonds. The van der Waals surface area contributed by atoms with E-state index in [1.165, 1.54) is 6.20 Å². The molecule has 1 aromatic carbocycles. The van der Waals surface area contributed by atoms with Crippen LogP contribution in [-0.4, -0.2) is 42.9 Å². The van der Waals surface area contributed by atoms with Crippen LogP contribution in [0.3, 0.4) is 0 Å². The summed E-state index contributed by atoms with van der Waals surface area (Å²) >= 11 is 0. The second-order valence-corrected chi connectivity index (χ2v) is 5.55. The number of anilines is 4. The van der Waals surface area contributed by atoms with Gasteiger partial charge in [0.25, 0.3) is 0 Å². The minimum atomic E-state index is -0.584. The van der Waals surface area contributed by atoms with Crippen LogP contribution in [0.5, 0.6) is 0 Å². The van der Waals surface area contributed by atoms with Gasteiger partial charge in [-0.25, -0.2) is 4.98 Å². The lowest BCUT2D eigenvalue weighted by Gasteiger charge is -2.12. The molecule has 25 heavy (non-hydrogen) atoms. The van der Waals surface area contributed by atoms with E-state index in [9.17, 15) is 4.79 Å². The van der Waals surface area contributed by atoms with E-state index >= 15 is 0 Å². The highest BCUT2D eigenvalue weighted by Gasteiger charge is 2.08. The van der Waals surface area contributed by atoms with Gasteiger partial charge >= 0.3 is 0 Å². The normalized spacial score (nSPS) is 11.6. The molecule has 1 aromatic heterocycles. The lowest BCUT2D eigenvalue weighted by atomic mass is 9.99. The summed E-state index contributed by atoms with van der Waals surface area (Å²) in [5, 5.41) is 8.94. The van der Waals surface area contributed by atoms with E-state index in [1.807, 2.05) is 6.07 Å². The van der Waals surface area contributed by atoms with Crippen LogP contribution in [0.4, 0.5) is 23.1 Å². The van der Waals surface area contributed by atoms with Crippen molar-refractivity contribution in [1.29, 1.82) is 0 Å². The maximum absolute atomic E-state index is 11.7. The summed E-state index contributed by atoms with van der Waals surface area (Å²) in [5.41, 5.74) is 12.8. The summed E-state index contributed by atoms with van der Waals surface area (Å²) in [5.74, 6) is 0.680. The van der Waals surface area contributed by atoms with Crippen LogP contribution in [0.1, 0.15) is 13.3 Å². The SMILES string of the molecule is [B]c1cnc(Nc2cccc(NC(=O)[C@H](C)N)c2)nc1NCCCN. The van der Waals surface area contributed by atoms with Gasteiger partial charge in [-0.15, -0.1) is 0 Å². The Bertz CT molecular complexity index is 723. The van der Waals surface area contributed by atoms with Crippen LogP contribution in [0.15, 0.2) is 30.5 Å². The maximum atomic E-state index is 11.7. The molecule has 0 aliphatic heterocycles. The zero-order valence-corrected chi connectivity index (χ0v) is 14.1. The zero-order chi connectivity index (χ0) is 18.2. The highest BCUT2D eigenvalue weighted by atomic mass is 16.2. The average Bonchev–Trinajstić information content (AvgIpc) is 2.58. The van der Waals surface area contributed by atoms with Crippen LogP contribution in [0, 0.1) is 0 Å². The molecular formula is C16H22BN7O. The van der Waals surface area contributed by atoms with Gasteiger partial charge in [-0.2, -0.15) is 4.98 Å². The predicted molar refractivity (Wildman–Crippen MR) is 102 cm³/mol. The summed E-state index contributed by atoms with van der Waals surface area (Å²) in [6.45, 7) is 2.89. The van der Waals surface area contributed by atoms with Crippen molar-refractivity contribution in [1.82, 2.24) is 9.97 Å². The Kier molecular flexibility index (Phi) is 6.73. The van der Waals surface area contributed by atoms with E-state index in [1.54, 1.807) is 25.1 Å². The van der Waals surface area contributed by atoms with Crippen molar-refractivity contribution < 1.29 is 4.79 Å². The Morgan fingerprint density at radius 2 is 2.12 bits per heavy atom. The molecule has 0 bridgehead atoms. The summed E-state index contributed by atoms with van der Waals surface area (Å²) in [4.78, 5) is 20.2. The van der Waals surface area contributed by atoms with Gasteiger partial charge in [0.2, 0.25) is 11.9 Å². The third-order valence-electron chi connectivity index (χ3n) is 3.29. The van der Waals surface area contributed by atoms with Crippen molar-refractivity contribution in [2.75, 3.05) is 29.0 Å². The van der Waals surface area contributed by atoms with Gasteiger partial charge in [0, 0.05) is 24.1 Å². The van der Waals surface area contributed by atoms with Gasteiger partial charge in [0.05, 0.1) is 6.04 Å². The number of aromatic nitrogens is 2. The largest absolute Gasteiger partial charge is 0.370 e. The molecule has 7 N–H and O–H groups in total. The summed E-state index contributed by atoms with van der Waals surface area (Å²) in [6.07, 6.45) is 2.34. The first-order valence-corrected chi connectivity index (χ1v) is 7.99. The third-order valence-corrected chi connectivity index (χ3v) is 3.29. The van der Waals surface area contributed by atoms with Crippen molar-refractivity contribution in [3.8, 4) is 0 Å². The molecule has 130 valence electrons. The molecule has 0 aliphatic rings. The second-order valence-electron chi connectivity index (χ2n) is 5.55. The van der Waals surface area contributed by atoms with E-state index < -0.39 is 6.04 Å². The quantitative estimate of drug-likeness (QED) is 0.339. The van der Waals surface area contributed by atoms with E-state index in [0.29, 0.717) is 36.0 Å². The predicted octanol–water partition coefficient (Wildman–Crippen LogP) is 0.0604. The monoisotopic (exact) mass is 339 g/mol. The summed E-state index contributed by atoms with van der Waals surface area (Å²) < 4.78 is 0. The lowest BCUT2D eigenvalue weighted by molar-refractivity contribution is -0.117. The number of carbonyl (C=O) groups excluding carboxylic acids is 1. The van der Waals surface area contributed by atoms with Gasteiger partial charge in [0.15, 0.2) is 0 Å². The fourth-order valence-corrected chi connectivity index (χ4v) is 1.96. The van der Waals surface area contributed by atoms with Crippen LogP contribution < -0.4 is 32.9 Å². The van der Waals surface area contributed by atoms with Gasteiger partial charge in [0.1, 0.15) is 13.7 Å². The molecule has 9 heteroatoms. The molecule has 1 heterocycles. The number of nitrogens with zero attached hydrogens (tertiary/aromatic N) is 2. The number of carbonyl (C=O) groups is 1. The third kappa shape index (κ3) is 5.73. The molecule has 0 spiro atoms. The number of nitrogens with one attached hydrogen (secondary N) is 3. The Hall–Kier alpha value is -2.65. The Morgan fingerprint density at radius 3 is 2.84 bits per heavy atom. The Morgan fingerprint density at radius 1 is 1.36 bits per heavy atom. The van der Waals surface area contributed by atoms with Gasteiger partial charge in [-0.1, -0.05) is 6.07 Å². The topological polar surface area (TPSA) is 131 Å². The number of hydrogen-bond donors (Lipinski definition) is 5. The van der Waals surface area contributed by atoms with Gasteiger partial charge < -0.3 is 27.4 Å². The molecule has 8 nitrogen and oxygen atoms in total. The van der Waals surface area contributed by atoms with E-state index in [0.717, 1.165) is 12.1 Å². The van der Waals surface area contributed by atoms with Gasteiger partial charge in [-0.3, -0.25) is 4.79 Å². The molecule has 1 atom stereocenters. The highest BCUT2D eigenvalue weighted by molar-refractivity contribution is 6.35. The number of hydrogen-bond acceptors (Lipinski definition) is 7. The van der Waals surface area contributed by atoms with Crippen LogP contribution in [-0.2, 0) is 4.79 Å². The lowest BCUT2D eigenvalue weighted by Crippen LogP contribution is -2.32. The first kappa shape index (κ1) is 18.7. The molecule has 2 radical (unpaired) electrons. The minimum absolute atomic E-state index is 0.257. The van der Waals surface area contributed by atoms with Crippen molar-refractivity contribution in [3.63, 3.8) is 0 Å². The van der Waals surface area contributed by atoms with Crippen molar-refractivity contribution >= 4 is 42.4 Å². The number of nitrogens with two attached hydrogens (primary N) is 2. The molecule has 2 rings (SSSR count). The van der Waals surface area contributed by atoms with Crippen molar-refractivity contribution in [3.05, 3.63) is 30.5 Å². The highest BCUT2D eigenvalue weighted by Crippen LogP contribution is 2.18. The first-order chi connectivity index (χ1) is 12.0. The molecule has 2 aromatic rings. The van der Waals surface area contributed by atoms with E-state index in [-0.39, 0.29) is 5.91 Å². The molecule has 0 fully saturated rings. The summed E-state index contributed by atoms with van der Waals surface area (Å²) in [6, 6.07) is 6.59. The first-order valence-electron chi connectivity index (χ1n) is 7.99. The maximum Gasteiger partial charge on any atom is 0.240 e. The fraction of sp³-hybridized carbons (Fsp3) is 0.312. The second kappa shape index (κ2) is 9.00. The smallest absolute Gasteiger partial charge is 0.240 e. The van der Waals surface area contributed by atoms with E-state index in [4.69, 9.17) is 19.3 Å². The van der Waals surface area contributed by atoms with Crippen LogP contribution in [0.2, 0.25) is 0 Å². The number of rotatable bonds is 8. The molecular weight excluding hydrogens is 317 g/mol. The Balaban J connectivity index is 2.08. The summed E-state index contributed by atoms with van der Waals surface area (Å²) in [7, 11) is 5.87. The molecule has 0 saturated heterocycles. The van der Waals surface area contributed by atoms with Crippen LogP contribution >= 0.6 is 0 Å². The molecule has 0 saturated carbocycles. The van der Waals surface area contributed by atoms with Crippen LogP contribution in [0.25, 0.3) is 0 Å². The zero-order valence-electron chi connectivity index (χ0n) is 14.1. The fourth-order valence-electron chi connectivity index (χ4n) is 1.96. The Labute approximate surface area is 148 Å². The minimum Gasteiger partial charge on any atom is -0.370 e. The number of benzene rings is 1.